The maximum absolute atomic E-state index is 12.4. The zero-order valence-corrected chi connectivity index (χ0v) is 13.9. The molecule has 1 aromatic rings. The van der Waals surface area contributed by atoms with Gasteiger partial charge in [0.05, 0.1) is 0 Å². The van der Waals surface area contributed by atoms with Crippen molar-refractivity contribution in [3.05, 3.63) is 29.8 Å². The second-order valence-electron chi connectivity index (χ2n) is 6.62. The average molecular weight is 304 g/mol. The molecule has 1 saturated heterocycles. The molecule has 1 aliphatic rings. The van der Waals surface area contributed by atoms with E-state index in [1.165, 1.54) is 5.56 Å². The molecule has 0 spiro atoms. The highest BCUT2D eigenvalue weighted by Gasteiger charge is 2.28. The molecule has 4 heteroatoms. The molecule has 1 aromatic carbocycles. The Bertz CT molecular complexity index is 484. The Labute approximate surface area is 133 Å². The predicted octanol–water partition coefficient (Wildman–Crippen LogP) is 2.77. The minimum absolute atomic E-state index is 0.0373. The van der Waals surface area contributed by atoms with E-state index in [1.807, 2.05) is 17.0 Å². The van der Waals surface area contributed by atoms with Crippen molar-refractivity contribution in [2.24, 2.45) is 11.7 Å². The number of hydrogen-bond acceptors (Lipinski definition) is 3. The monoisotopic (exact) mass is 304 g/mol. The molecule has 2 rings (SSSR count). The lowest BCUT2D eigenvalue weighted by atomic mass is 9.92. The molecule has 0 saturated carbocycles. The fourth-order valence-electron chi connectivity index (χ4n) is 2.98. The van der Waals surface area contributed by atoms with E-state index in [9.17, 15) is 4.79 Å². The van der Waals surface area contributed by atoms with Crippen LogP contribution in [0.1, 0.15) is 45.1 Å². The Hall–Kier alpha value is -1.55. The van der Waals surface area contributed by atoms with E-state index in [1.54, 1.807) is 0 Å². The lowest BCUT2D eigenvalue weighted by Crippen LogP contribution is -2.50. The van der Waals surface area contributed by atoms with Crippen LogP contribution in [-0.4, -0.2) is 36.5 Å². The number of nitrogens with two attached hydrogens (primary N) is 1. The fourth-order valence-corrected chi connectivity index (χ4v) is 2.98. The van der Waals surface area contributed by atoms with E-state index in [2.05, 4.69) is 32.9 Å². The van der Waals surface area contributed by atoms with Gasteiger partial charge in [0.1, 0.15) is 5.75 Å². The molecule has 1 aliphatic heterocycles. The normalized spacial score (nSPS) is 22.0. The van der Waals surface area contributed by atoms with Gasteiger partial charge in [-0.2, -0.15) is 0 Å². The SMILES string of the molecule is CC1CCN(C(=O)COc2ccc(C(C)C)cc2)C(CN)C1. The van der Waals surface area contributed by atoms with Crippen LogP contribution in [0, 0.1) is 5.92 Å². The molecule has 0 aliphatic carbocycles. The van der Waals surface area contributed by atoms with Crippen LogP contribution in [-0.2, 0) is 4.79 Å². The molecule has 2 unspecified atom stereocenters. The standard InChI is InChI=1S/C18H28N2O2/c1-13(2)15-4-6-17(7-5-15)22-12-18(21)20-9-8-14(3)10-16(20)11-19/h4-7,13-14,16H,8-12,19H2,1-3H3. The Morgan fingerprint density at radius 3 is 2.64 bits per heavy atom. The van der Waals surface area contributed by atoms with Gasteiger partial charge in [-0.25, -0.2) is 0 Å². The molecule has 1 amide bonds. The molecule has 122 valence electrons. The van der Waals surface area contributed by atoms with Crippen molar-refractivity contribution < 1.29 is 9.53 Å². The minimum atomic E-state index is 0.0373. The summed E-state index contributed by atoms with van der Waals surface area (Å²) in [5, 5.41) is 0. The first-order valence-electron chi connectivity index (χ1n) is 8.23. The Morgan fingerprint density at radius 1 is 1.36 bits per heavy atom. The lowest BCUT2D eigenvalue weighted by molar-refractivity contribution is -0.137. The van der Waals surface area contributed by atoms with Crippen molar-refractivity contribution in [2.45, 2.75) is 45.6 Å². The fraction of sp³-hybridized carbons (Fsp3) is 0.611. The summed E-state index contributed by atoms with van der Waals surface area (Å²) in [5.41, 5.74) is 7.08. The first-order chi connectivity index (χ1) is 10.5. The number of hydrogen-bond donors (Lipinski definition) is 1. The number of nitrogens with zero attached hydrogens (tertiary/aromatic N) is 1. The number of benzene rings is 1. The van der Waals surface area contributed by atoms with Crippen molar-refractivity contribution in [1.29, 1.82) is 0 Å². The Morgan fingerprint density at radius 2 is 2.05 bits per heavy atom. The highest BCUT2D eigenvalue weighted by molar-refractivity contribution is 5.78. The van der Waals surface area contributed by atoms with Crippen molar-refractivity contribution in [3.8, 4) is 5.75 Å². The zero-order valence-electron chi connectivity index (χ0n) is 13.9. The van der Waals surface area contributed by atoms with Gasteiger partial charge in [-0.1, -0.05) is 32.9 Å². The third-order valence-electron chi connectivity index (χ3n) is 4.48. The number of carbonyl (C=O) groups excluding carboxylic acids is 1. The number of likely N-dealkylation sites (tertiary alicyclic amines) is 1. The van der Waals surface area contributed by atoms with E-state index in [0.717, 1.165) is 25.1 Å². The van der Waals surface area contributed by atoms with E-state index < -0.39 is 0 Å². The summed E-state index contributed by atoms with van der Waals surface area (Å²) in [6.45, 7) is 7.94. The Kier molecular flexibility index (Phi) is 5.83. The number of piperidine rings is 1. The highest BCUT2D eigenvalue weighted by Crippen LogP contribution is 2.22. The second kappa shape index (κ2) is 7.63. The molecule has 1 heterocycles. The van der Waals surface area contributed by atoms with Gasteiger partial charge in [-0.05, 0) is 42.4 Å². The number of carbonyl (C=O) groups is 1. The van der Waals surface area contributed by atoms with Crippen LogP contribution in [0.3, 0.4) is 0 Å². The smallest absolute Gasteiger partial charge is 0.260 e. The molecule has 2 atom stereocenters. The molecule has 0 bridgehead atoms. The van der Waals surface area contributed by atoms with Gasteiger partial charge in [0.25, 0.3) is 5.91 Å². The highest BCUT2D eigenvalue weighted by atomic mass is 16.5. The van der Waals surface area contributed by atoms with Crippen LogP contribution in [0.5, 0.6) is 5.75 Å². The number of ether oxygens (including phenoxy) is 1. The van der Waals surface area contributed by atoms with Crippen molar-refractivity contribution in [1.82, 2.24) is 4.90 Å². The van der Waals surface area contributed by atoms with E-state index in [0.29, 0.717) is 18.4 Å². The summed E-state index contributed by atoms with van der Waals surface area (Å²) in [6, 6.07) is 8.12. The first kappa shape index (κ1) is 16.8. The molecule has 4 nitrogen and oxygen atoms in total. The van der Waals surface area contributed by atoms with Crippen molar-refractivity contribution in [3.63, 3.8) is 0 Å². The van der Waals surface area contributed by atoms with Gasteiger partial charge >= 0.3 is 0 Å². The largest absolute Gasteiger partial charge is 0.484 e. The third kappa shape index (κ3) is 4.23. The first-order valence-corrected chi connectivity index (χ1v) is 8.23. The van der Waals surface area contributed by atoms with Crippen LogP contribution in [0.4, 0.5) is 0 Å². The van der Waals surface area contributed by atoms with Gasteiger partial charge in [0, 0.05) is 19.1 Å². The minimum Gasteiger partial charge on any atom is -0.484 e. The summed E-state index contributed by atoms with van der Waals surface area (Å²) in [6.07, 6.45) is 2.04. The van der Waals surface area contributed by atoms with E-state index >= 15 is 0 Å². The van der Waals surface area contributed by atoms with Crippen LogP contribution >= 0.6 is 0 Å². The molecule has 22 heavy (non-hydrogen) atoms. The van der Waals surface area contributed by atoms with Gasteiger partial charge < -0.3 is 15.4 Å². The summed E-state index contributed by atoms with van der Waals surface area (Å²) >= 11 is 0. The second-order valence-corrected chi connectivity index (χ2v) is 6.62. The maximum Gasteiger partial charge on any atom is 0.260 e. The summed E-state index contributed by atoms with van der Waals surface area (Å²) in [7, 11) is 0. The third-order valence-corrected chi connectivity index (χ3v) is 4.48. The molecule has 0 aromatic heterocycles. The predicted molar refractivity (Wildman–Crippen MR) is 89.0 cm³/mol. The average Bonchev–Trinajstić information content (AvgIpc) is 2.52. The van der Waals surface area contributed by atoms with E-state index in [4.69, 9.17) is 10.5 Å². The van der Waals surface area contributed by atoms with Crippen LogP contribution < -0.4 is 10.5 Å². The van der Waals surface area contributed by atoms with Crippen molar-refractivity contribution in [2.75, 3.05) is 19.7 Å². The van der Waals surface area contributed by atoms with Gasteiger partial charge in [0.15, 0.2) is 6.61 Å². The van der Waals surface area contributed by atoms with Gasteiger partial charge in [-0.15, -0.1) is 0 Å². The van der Waals surface area contributed by atoms with E-state index in [-0.39, 0.29) is 18.6 Å². The summed E-state index contributed by atoms with van der Waals surface area (Å²) < 4.78 is 5.64. The molecule has 0 radical (unpaired) electrons. The van der Waals surface area contributed by atoms with Crippen LogP contribution in [0.25, 0.3) is 0 Å². The van der Waals surface area contributed by atoms with Crippen LogP contribution in [0.2, 0.25) is 0 Å². The lowest BCUT2D eigenvalue weighted by Gasteiger charge is -2.37. The summed E-state index contributed by atoms with van der Waals surface area (Å²) in [5.74, 6) is 1.92. The zero-order chi connectivity index (χ0) is 16.1. The maximum atomic E-state index is 12.4. The number of amides is 1. The molecular formula is C18H28N2O2. The quantitative estimate of drug-likeness (QED) is 0.910. The van der Waals surface area contributed by atoms with Gasteiger partial charge in [-0.3, -0.25) is 4.79 Å². The topological polar surface area (TPSA) is 55.6 Å². The molecular weight excluding hydrogens is 276 g/mol. The summed E-state index contributed by atoms with van der Waals surface area (Å²) in [4.78, 5) is 14.3. The molecule has 2 N–H and O–H groups in total. The Balaban J connectivity index is 1.89. The van der Waals surface area contributed by atoms with Crippen LogP contribution in [0.15, 0.2) is 24.3 Å². The molecule has 1 fully saturated rings. The number of rotatable bonds is 5. The van der Waals surface area contributed by atoms with Gasteiger partial charge in [0.2, 0.25) is 0 Å². The van der Waals surface area contributed by atoms with Crippen molar-refractivity contribution >= 4 is 5.91 Å².